The highest BCUT2D eigenvalue weighted by atomic mass is 32.1. The van der Waals surface area contributed by atoms with Crippen LogP contribution < -0.4 is 0 Å². The second-order valence-electron chi connectivity index (χ2n) is 4.58. The minimum absolute atomic E-state index is 0.00490. The van der Waals surface area contributed by atoms with E-state index in [2.05, 4.69) is 0 Å². The van der Waals surface area contributed by atoms with Crippen LogP contribution in [-0.2, 0) is 0 Å². The molecule has 0 aliphatic carbocycles. The van der Waals surface area contributed by atoms with Gasteiger partial charge in [-0.3, -0.25) is 4.79 Å². The van der Waals surface area contributed by atoms with E-state index >= 15 is 0 Å². The van der Waals surface area contributed by atoms with Crippen LogP contribution in [0.1, 0.15) is 23.5 Å². The lowest BCUT2D eigenvalue weighted by Crippen LogP contribution is -2.38. The molecule has 1 amide bonds. The molecule has 2 aromatic rings. The van der Waals surface area contributed by atoms with Crippen LogP contribution in [0.4, 0.5) is 4.39 Å². The van der Waals surface area contributed by atoms with Crippen molar-refractivity contribution < 1.29 is 14.3 Å². The molecule has 1 N–H and O–H groups in total. The molecule has 2 rings (SSSR count). The molecule has 0 aliphatic rings. The molecule has 19 heavy (non-hydrogen) atoms. The Kier molecular flexibility index (Phi) is 4.17. The number of aliphatic hydroxyl groups excluding tert-OH is 1. The number of hydrogen-bond donors (Lipinski definition) is 1. The largest absolute Gasteiger partial charge is 0.395 e. The number of carbonyl (C=O) groups is 1. The number of thiophene rings is 1. The summed E-state index contributed by atoms with van der Waals surface area (Å²) in [5.41, 5.74) is 0. The number of aliphatic hydroxyl groups is 1. The molecule has 0 unspecified atom stereocenters. The summed E-state index contributed by atoms with van der Waals surface area (Å²) in [7, 11) is 0. The topological polar surface area (TPSA) is 40.5 Å². The molecule has 0 aliphatic heterocycles. The summed E-state index contributed by atoms with van der Waals surface area (Å²) in [6.45, 7) is 3.99. The molecular weight excluding hydrogens is 265 g/mol. The molecule has 3 nitrogen and oxygen atoms in total. The van der Waals surface area contributed by atoms with Crippen molar-refractivity contribution in [3.05, 3.63) is 35.0 Å². The zero-order valence-electron chi connectivity index (χ0n) is 10.9. The van der Waals surface area contributed by atoms with Gasteiger partial charge in [0.1, 0.15) is 5.82 Å². The van der Waals surface area contributed by atoms with E-state index < -0.39 is 0 Å². The monoisotopic (exact) mass is 281 g/mol. The van der Waals surface area contributed by atoms with Crippen molar-refractivity contribution >= 4 is 27.3 Å². The molecule has 1 aromatic carbocycles. The maximum atomic E-state index is 13.6. The van der Waals surface area contributed by atoms with Crippen LogP contribution >= 0.6 is 11.3 Å². The van der Waals surface area contributed by atoms with E-state index in [1.165, 1.54) is 17.4 Å². The molecule has 0 radical (unpaired) electrons. The van der Waals surface area contributed by atoms with E-state index in [0.29, 0.717) is 10.3 Å². The Morgan fingerprint density at radius 2 is 2.21 bits per heavy atom. The van der Waals surface area contributed by atoms with Gasteiger partial charge in [0.15, 0.2) is 0 Å². The number of rotatable bonds is 4. The molecule has 102 valence electrons. The fourth-order valence-electron chi connectivity index (χ4n) is 1.97. The van der Waals surface area contributed by atoms with Crippen LogP contribution in [0.25, 0.3) is 10.1 Å². The standard InChI is InChI=1S/C14H16FNO2S/c1-9(2)16(6-7-17)14(18)13-8-10-11(15)4-3-5-12(10)19-13/h3-5,8-9,17H,6-7H2,1-2H3. The number of nitrogens with zero attached hydrogens (tertiary/aromatic N) is 1. The van der Waals surface area contributed by atoms with Crippen LogP contribution in [0.15, 0.2) is 24.3 Å². The molecule has 1 heterocycles. The predicted molar refractivity (Wildman–Crippen MR) is 75.0 cm³/mol. The normalized spacial score (nSPS) is 11.2. The molecule has 0 fully saturated rings. The molecular formula is C14H16FNO2S. The van der Waals surface area contributed by atoms with E-state index in [4.69, 9.17) is 5.11 Å². The Morgan fingerprint density at radius 3 is 2.79 bits per heavy atom. The van der Waals surface area contributed by atoms with E-state index in [0.717, 1.165) is 4.70 Å². The first-order valence-electron chi connectivity index (χ1n) is 6.14. The highest BCUT2D eigenvalue weighted by Gasteiger charge is 2.20. The lowest BCUT2D eigenvalue weighted by Gasteiger charge is -2.25. The SMILES string of the molecule is CC(C)N(CCO)C(=O)c1cc2c(F)cccc2s1. The van der Waals surface area contributed by atoms with Gasteiger partial charge in [0.2, 0.25) is 0 Å². The second kappa shape index (κ2) is 5.67. The van der Waals surface area contributed by atoms with Crippen LogP contribution in [0.2, 0.25) is 0 Å². The highest BCUT2D eigenvalue weighted by molar-refractivity contribution is 7.20. The smallest absolute Gasteiger partial charge is 0.264 e. The molecule has 0 saturated carbocycles. The summed E-state index contributed by atoms with van der Waals surface area (Å²) < 4.78 is 14.4. The number of amides is 1. The third-order valence-corrected chi connectivity index (χ3v) is 4.03. The number of hydrogen-bond acceptors (Lipinski definition) is 3. The van der Waals surface area contributed by atoms with E-state index in [-0.39, 0.29) is 30.9 Å². The molecule has 0 bridgehead atoms. The van der Waals surface area contributed by atoms with Crippen molar-refractivity contribution in [3.63, 3.8) is 0 Å². The van der Waals surface area contributed by atoms with Gasteiger partial charge in [0, 0.05) is 22.7 Å². The Balaban J connectivity index is 2.38. The Bertz CT molecular complexity index is 594. The van der Waals surface area contributed by atoms with Gasteiger partial charge in [0.25, 0.3) is 5.91 Å². The molecule has 0 saturated heterocycles. The van der Waals surface area contributed by atoms with Crippen LogP contribution in [0.3, 0.4) is 0 Å². The van der Waals surface area contributed by atoms with E-state index in [1.807, 2.05) is 13.8 Å². The zero-order chi connectivity index (χ0) is 14.0. The fraction of sp³-hybridized carbons (Fsp3) is 0.357. The van der Waals surface area contributed by atoms with Crippen molar-refractivity contribution in [3.8, 4) is 0 Å². The number of benzene rings is 1. The van der Waals surface area contributed by atoms with Crippen LogP contribution in [-0.4, -0.2) is 35.1 Å². The Hall–Kier alpha value is -1.46. The zero-order valence-corrected chi connectivity index (χ0v) is 11.7. The van der Waals surface area contributed by atoms with Gasteiger partial charge in [-0.25, -0.2) is 4.39 Å². The summed E-state index contributed by atoms with van der Waals surface area (Å²) in [6.07, 6.45) is 0. The van der Waals surface area contributed by atoms with Gasteiger partial charge in [-0.15, -0.1) is 11.3 Å². The maximum absolute atomic E-state index is 13.6. The first kappa shape index (κ1) is 14.0. The summed E-state index contributed by atoms with van der Waals surface area (Å²) in [5.74, 6) is -0.476. The average Bonchev–Trinajstić information content (AvgIpc) is 2.80. The Morgan fingerprint density at radius 1 is 1.47 bits per heavy atom. The van der Waals surface area contributed by atoms with Crippen molar-refractivity contribution in [2.75, 3.05) is 13.2 Å². The summed E-state index contributed by atoms with van der Waals surface area (Å²) in [4.78, 5) is 14.4. The molecule has 0 spiro atoms. The minimum Gasteiger partial charge on any atom is -0.395 e. The Labute approximate surface area is 115 Å². The second-order valence-corrected chi connectivity index (χ2v) is 5.66. The minimum atomic E-state index is -0.314. The van der Waals surface area contributed by atoms with Crippen molar-refractivity contribution in [1.29, 1.82) is 0 Å². The van der Waals surface area contributed by atoms with Crippen molar-refractivity contribution in [2.24, 2.45) is 0 Å². The maximum Gasteiger partial charge on any atom is 0.264 e. The lowest BCUT2D eigenvalue weighted by atomic mass is 10.2. The van der Waals surface area contributed by atoms with E-state index in [9.17, 15) is 9.18 Å². The summed E-state index contributed by atoms with van der Waals surface area (Å²) in [5, 5.41) is 9.49. The lowest BCUT2D eigenvalue weighted by molar-refractivity contribution is 0.0670. The quantitative estimate of drug-likeness (QED) is 0.936. The first-order valence-corrected chi connectivity index (χ1v) is 6.96. The molecule has 5 heteroatoms. The third kappa shape index (κ3) is 2.77. The van der Waals surface area contributed by atoms with Crippen molar-refractivity contribution in [2.45, 2.75) is 19.9 Å². The summed E-state index contributed by atoms with van der Waals surface area (Å²) in [6, 6.07) is 6.40. The van der Waals surface area contributed by atoms with Gasteiger partial charge in [-0.1, -0.05) is 6.07 Å². The van der Waals surface area contributed by atoms with Crippen LogP contribution in [0.5, 0.6) is 0 Å². The van der Waals surface area contributed by atoms with Gasteiger partial charge in [0.05, 0.1) is 11.5 Å². The first-order chi connectivity index (χ1) is 9.04. The van der Waals surface area contributed by atoms with E-state index in [1.54, 1.807) is 23.1 Å². The van der Waals surface area contributed by atoms with Gasteiger partial charge < -0.3 is 10.0 Å². The fourth-order valence-corrected chi connectivity index (χ4v) is 3.01. The van der Waals surface area contributed by atoms with Crippen LogP contribution in [0, 0.1) is 5.82 Å². The molecule has 1 aromatic heterocycles. The number of carbonyl (C=O) groups excluding carboxylic acids is 1. The highest BCUT2D eigenvalue weighted by Crippen LogP contribution is 2.28. The third-order valence-electron chi connectivity index (χ3n) is 2.94. The molecule has 0 atom stereocenters. The number of halogens is 1. The number of fused-ring (bicyclic) bond motifs is 1. The predicted octanol–water partition coefficient (Wildman–Crippen LogP) is 2.88. The van der Waals surface area contributed by atoms with Gasteiger partial charge in [-0.05, 0) is 32.0 Å². The van der Waals surface area contributed by atoms with Crippen molar-refractivity contribution in [1.82, 2.24) is 4.90 Å². The van der Waals surface area contributed by atoms with Gasteiger partial charge in [-0.2, -0.15) is 0 Å². The summed E-state index contributed by atoms with van der Waals surface area (Å²) >= 11 is 1.28. The van der Waals surface area contributed by atoms with Gasteiger partial charge >= 0.3 is 0 Å². The average molecular weight is 281 g/mol.